The first-order chi connectivity index (χ1) is 15.0. The standard InChI is InChI=1S/C24H19N3O4/c1-13-10-14-11-25-27-22(14)20(23(28)29)21(13)26-24(30)31-12-19-17-8-4-2-6-15(17)16-7-3-5-9-18(16)19/h2-11,19H,12H2,1H3,(H,25,27)(H,26,30)(H,28,29). The SMILES string of the molecule is Cc1cc2cn[nH]c2c(C(=O)O)c1NC(=O)OCC1c2ccccc2-c2ccccc21. The summed E-state index contributed by atoms with van der Waals surface area (Å²) in [5, 5.41) is 19.6. The molecule has 1 aromatic heterocycles. The minimum absolute atomic E-state index is 0.0407. The Labute approximate surface area is 177 Å². The number of aromatic carboxylic acids is 1. The van der Waals surface area contributed by atoms with Crippen molar-refractivity contribution in [2.24, 2.45) is 0 Å². The molecule has 154 valence electrons. The van der Waals surface area contributed by atoms with Crippen LogP contribution in [0.3, 0.4) is 0 Å². The van der Waals surface area contributed by atoms with Crippen molar-refractivity contribution in [1.82, 2.24) is 10.2 Å². The average Bonchev–Trinajstić information content (AvgIpc) is 3.34. The van der Waals surface area contributed by atoms with Crippen LogP contribution in [0.4, 0.5) is 10.5 Å². The molecule has 3 N–H and O–H groups in total. The first-order valence-electron chi connectivity index (χ1n) is 9.86. The maximum atomic E-state index is 12.6. The second kappa shape index (κ2) is 7.28. The summed E-state index contributed by atoms with van der Waals surface area (Å²) in [4.78, 5) is 24.5. The number of nitrogens with one attached hydrogen (secondary N) is 2. The third kappa shape index (κ3) is 3.11. The van der Waals surface area contributed by atoms with Crippen LogP contribution in [0.1, 0.15) is 33.0 Å². The zero-order valence-electron chi connectivity index (χ0n) is 16.7. The maximum Gasteiger partial charge on any atom is 0.411 e. The summed E-state index contributed by atoms with van der Waals surface area (Å²) in [5.74, 6) is -1.24. The van der Waals surface area contributed by atoms with Gasteiger partial charge in [0.1, 0.15) is 12.2 Å². The minimum atomic E-state index is -1.16. The van der Waals surface area contributed by atoms with Gasteiger partial charge in [-0.25, -0.2) is 9.59 Å². The van der Waals surface area contributed by atoms with E-state index in [0.29, 0.717) is 16.5 Å². The summed E-state index contributed by atoms with van der Waals surface area (Å²) in [6.45, 7) is 1.88. The molecule has 1 aliphatic carbocycles. The van der Waals surface area contributed by atoms with E-state index >= 15 is 0 Å². The highest BCUT2D eigenvalue weighted by Gasteiger charge is 2.29. The summed E-state index contributed by atoms with van der Waals surface area (Å²) < 4.78 is 5.56. The molecule has 1 amide bonds. The number of H-pyrrole nitrogens is 1. The lowest BCUT2D eigenvalue weighted by Gasteiger charge is -2.16. The van der Waals surface area contributed by atoms with Gasteiger partial charge >= 0.3 is 12.1 Å². The Kier molecular flexibility index (Phi) is 4.43. The van der Waals surface area contributed by atoms with Crippen LogP contribution in [0.5, 0.6) is 0 Å². The van der Waals surface area contributed by atoms with Crippen LogP contribution in [0.15, 0.2) is 60.8 Å². The number of aryl methyl sites for hydroxylation is 1. The summed E-state index contributed by atoms with van der Waals surface area (Å²) >= 11 is 0. The number of anilines is 1. The second-order valence-corrected chi connectivity index (χ2v) is 7.53. The number of carbonyl (C=O) groups is 2. The highest BCUT2D eigenvalue weighted by Crippen LogP contribution is 2.44. The first-order valence-corrected chi connectivity index (χ1v) is 9.86. The third-order valence-corrected chi connectivity index (χ3v) is 5.72. The minimum Gasteiger partial charge on any atom is -0.478 e. The molecule has 0 spiro atoms. The van der Waals surface area contributed by atoms with Crippen LogP contribution in [-0.4, -0.2) is 34.0 Å². The van der Waals surface area contributed by atoms with E-state index < -0.39 is 12.1 Å². The van der Waals surface area contributed by atoms with E-state index in [1.54, 1.807) is 19.2 Å². The molecule has 31 heavy (non-hydrogen) atoms. The van der Waals surface area contributed by atoms with E-state index in [4.69, 9.17) is 4.74 Å². The molecule has 1 aliphatic rings. The number of amides is 1. The highest BCUT2D eigenvalue weighted by atomic mass is 16.5. The predicted molar refractivity (Wildman–Crippen MR) is 116 cm³/mol. The number of carbonyl (C=O) groups excluding carboxylic acids is 1. The summed E-state index contributed by atoms with van der Waals surface area (Å²) in [7, 11) is 0. The Morgan fingerprint density at radius 3 is 2.39 bits per heavy atom. The van der Waals surface area contributed by atoms with Crippen molar-refractivity contribution < 1.29 is 19.4 Å². The molecule has 0 bridgehead atoms. The molecule has 0 fully saturated rings. The number of aromatic nitrogens is 2. The van der Waals surface area contributed by atoms with E-state index in [1.165, 1.54) is 0 Å². The van der Waals surface area contributed by atoms with Gasteiger partial charge in [-0.1, -0.05) is 48.5 Å². The van der Waals surface area contributed by atoms with Crippen molar-refractivity contribution >= 4 is 28.7 Å². The van der Waals surface area contributed by atoms with Gasteiger partial charge in [0.15, 0.2) is 0 Å². The Morgan fingerprint density at radius 2 is 1.74 bits per heavy atom. The molecule has 5 rings (SSSR count). The summed E-state index contributed by atoms with van der Waals surface area (Å²) in [6, 6.07) is 17.9. The van der Waals surface area contributed by atoms with Gasteiger partial charge in [0.05, 0.1) is 17.4 Å². The predicted octanol–water partition coefficient (Wildman–Crippen LogP) is 4.93. The van der Waals surface area contributed by atoms with E-state index in [-0.39, 0.29) is 23.8 Å². The van der Waals surface area contributed by atoms with Crippen molar-refractivity contribution in [1.29, 1.82) is 0 Å². The molecule has 4 aromatic rings. The molecule has 0 saturated heterocycles. The molecule has 0 radical (unpaired) electrons. The lowest BCUT2D eigenvalue weighted by atomic mass is 9.98. The quantitative estimate of drug-likeness (QED) is 0.440. The fourth-order valence-electron chi connectivity index (χ4n) is 4.34. The molecule has 0 unspecified atom stereocenters. The first kappa shape index (κ1) is 18.9. The van der Waals surface area contributed by atoms with E-state index in [9.17, 15) is 14.7 Å². The Balaban J connectivity index is 1.40. The van der Waals surface area contributed by atoms with Gasteiger partial charge in [-0.2, -0.15) is 5.10 Å². The number of benzene rings is 3. The smallest absolute Gasteiger partial charge is 0.411 e. The molecule has 3 aromatic carbocycles. The van der Waals surface area contributed by atoms with Crippen LogP contribution in [0.2, 0.25) is 0 Å². The molecular formula is C24H19N3O4. The lowest BCUT2D eigenvalue weighted by Crippen LogP contribution is -2.20. The number of carboxylic acids is 1. The van der Waals surface area contributed by atoms with Crippen LogP contribution in [0, 0.1) is 6.92 Å². The Hall–Kier alpha value is -4.13. The summed E-state index contributed by atoms with van der Waals surface area (Å²) in [6.07, 6.45) is 0.845. The number of carboxylic acid groups (broad SMARTS) is 1. The van der Waals surface area contributed by atoms with Crippen molar-refractivity contribution in [3.05, 3.63) is 83.0 Å². The maximum absolute atomic E-state index is 12.6. The molecule has 0 atom stereocenters. The van der Waals surface area contributed by atoms with Crippen molar-refractivity contribution in [3.8, 4) is 11.1 Å². The van der Waals surface area contributed by atoms with Crippen molar-refractivity contribution in [2.75, 3.05) is 11.9 Å². The highest BCUT2D eigenvalue weighted by molar-refractivity contribution is 6.10. The molecule has 0 saturated carbocycles. The fourth-order valence-corrected chi connectivity index (χ4v) is 4.34. The topological polar surface area (TPSA) is 104 Å². The molecule has 7 heteroatoms. The van der Waals surface area contributed by atoms with Gasteiger partial charge in [-0.05, 0) is 40.8 Å². The van der Waals surface area contributed by atoms with Gasteiger partial charge in [0.25, 0.3) is 0 Å². The largest absolute Gasteiger partial charge is 0.478 e. The fraction of sp³-hybridized carbons (Fsp3) is 0.125. The van der Waals surface area contributed by atoms with Gasteiger partial charge in [0, 0.05) is 11.3 Å². The lowest BCUT2D eigenvalue weighted by molar-refractivity contribution is 0.0700. The Morgan fingerprint density at radius 1 is 1.10 bits per heavy atom. The molecular weight excluding hydrogens is 394 g/mol. The van der Waals surface area contributed by atoms with Crippen molar-refractivity contribution in [3.63, 3.8) is 0 Å². The Bertz CT molecular complexity index is 1300. The molecule has 0 aliphatic heterocycles. The normalized spacial score (nSPS) is 12.4. The van der Waals surface area contributed by atoms with E-state index in [1.807, 2.05) is 36.4 Å². The number of hydrogen-bond donors (Lipinski definition) is 3. The molecule has 7 nitrogen and oxygen atoms in total. The monoisotopic (exact) mass is 413 g/mol. The average molecular weight is 413 g/mol. The van der Waals surface area contributed by atoms with Gasteiger partial charge in [-0.15, -0.1) is 0 Å². The van der Waals surface area contributed by atoms with Crippen LogP contribution >= 0.6 is 0 Å². The van der Waals surface area contributed by atoms with Gasteiger partial charge < -0.3 is 9.84 Å². The molecule has 1 heterocycles. The van der Waals surface area contributed by atoms with Crippen LogP contribution < -0.4 is 5.32 Å². The van der Waals surface area contributed by atoms with Crippen LogP contribution in [0.25, 0.3) is 22.0 Å². The zero-order chi connectivity index (χ0) is 21.5. The third-order valence-electron chi connectivity index (χ3n) is 5.72. The van der Waals surface area contributed by atoms with E-state index in [2.05, 4.69) is 27.6 Å². The van der Waals surface area contributed by atoms with E-state index in [0.717, 1.165) is 22.3 Å². The number of aromatic amines is 1. The van der Waals surface area contributed by atoms with Crippen molar-refractivity contribution in [2.45, 2.75) is 12.8 Å². The zero-order valence-corrected chi connectivity index (χ0v) is 16.7. The second-order valence-electron chi connectivity index (χ2n) is 7.53. The van der Waals surface area contributed by atoms with Crippen LogP contribution in [-0.2, 0) is 4.74 Å². The number of hydrogen-bond acceptors (Lipinski definition) is 4. The number of nitrogens with zero attached hydrogens (tertiary/aromatic N) is 1. The number of rotatable bonds is 4. The number of ether oxygens (including phenoxy) is 1. The van der Waals surface area contributed by atoms with Gasteiger partial charge in [-0.3, -0.25) is 10.4 Å². The number of fused-ring (bicyclic) bond motifs is 4. The summed E-state index contributed by atoms with van der Waals surface area (Å²) in [5.41, 5.74) is 5.62. The van der Waals surface area contributed by atoms with Gasteiger partial charge in [0.2, 0.25) is 0 Å².